The number of rotatable bonds is 3. The topological polar surface area (TPSA) is 12.0 Å². The lowest BCUT2D eigenvalue weighted by Gasteiger charge is -2.15. The van der Waals surface area contributed by atoms with Gasteiger partial charge in [0.1, 0.15) is 0 Å². The van der Waals surface area contributed by atoms with E-state index >= 15 is 0 Å². The van der Waals surface area contributed by atoms with Crippen molar-refractivity contribution in [3.05, 3.63) is 42.0 Å². The minimum atomic E-state index is 0.319. The highest BCUT2D eigenvalue weighted by molar-refractivity contribution is 5.57. The van der Waals surface area contributed by atoms with Crippen molar-refractivity contribution in [3.8, 4) is 0 Å². The van der Waals surface area contributed by atoms with Crippen LogP contribution in [0.3, 0.4) is 0 Å². The fourth-order valence-corrected chi connectivity index (χ4v) is 1.33. The van der Waals surface area contributed by atoms with Gasteiger partial charge in [0.05, 0.1) is 0 Å². The SMILES string of the molecule is C=C[C@@H](C)Nc1c(C)cccc1C. The second-order valence-corrected chi connectivity index (χ2v) is 3.44. The molecule has 0 aliphatic heterocycles. The van der Waals surface area contributed by atoms with E-state index in [1.807, 2.05) is 6.08 Å². The highest BCUT2D eigenvalue weighted by atomic mass is 14.9. The van der Waals surface area contributed by atoms with E-state index in [9.17, 15) is 0 Å². The van der Waals surface area contributed by atoms with Gasteiger partial charge in [0, 0.05) is 11.7 Å². The predicted molar refractivity (Wildman–Crippen MR) is 59.2 cm³/mol. The summed E-state index contributed by atoms with van der Waals surface area (Å²) in [5.74, 6) is 0. The summed E-state index contributed by atoms with van der Waals surface area (Å²) in [6.07, 6.45) is 1.91. The summed E-state index contributed by atoms with van der Waals surface area (Å²) in [6, 6.07) is 6.63. The van der Waals surface area contributed by atoms with Crippen LogP contribution in [0.5, 0.6) is 0 Å². The molecule has 0 bridgehead atoms. The smallest absolute Gasteiger partial charge is 0.0413 e. The Balaban J connectivity index is 2.93. The van der Waals surface area contributed by atoms with Crippen molar-refractivity contribution in [3.63, 3.8) is 0 Å². The lowest BCUT2D eigenvalue weighted by molar-refractivity contribution is 0.993. The van der Waals surface area contributed by atoms with Gasteiger partial charge in [-0.05, 0) is 31.9 Å². The lowest BCUT2D eigenvalue weighted by atomic mass is 10.1. The van der Waals surface area contributed by atoms with E-state index in [1.165, 1.54) is 16.8 Å². The molecule has 0 saturated carbocycles. The average Bonchev–Trinajstić information content (AvgIpc) is 2.11. The first kappa shape index (κ1) is 9.85. The molecule has 13 heavy (non-hydrogen) atoms. The maximum atomic E-state index is 3.75. The summed E-state index contributed by atoms with van der Waals surface area (Å²) in [5.41, 5.74) is 3.80. The molecular weight excluding hydrogens is 158 g/mol. The monoisotopic (exact) mass is 175 g/mol. The van der Waals surface area contributed by atoms with Crippen molar-refractivity contribution in [2.75, 3.05) is 5.32 Å². The van der Waals surface area contributed by atoms with Crippen molar-refractivity contribution >= 4 is 5.69 Å². The molecule has 1 aromatic carbocycles. The lowest BCUT2D eigenvalue weighted by Crippen LogP contribution is -2.13. The standard InChI is InChI=1S/C12H17N/c1-5-11(4)13-12-9(2)7-6-8-10(12)3/h5-8,11,13H,1H2,2-4H3/t11-/m1/s1. The third-order valence-electron chi connectivity index (χ3n) is 2.21. The van der Waals surface area contributed by atoms with Crippen LogP contribution < -0.4 is 5.32 Å². The Hall–Kier alpha value is -1.24. The number of hydrogen-bond donors (Lipinski definition) is 1. The first-order chi connectivity index (χ1) is 6.15. The molecule has 0 spiro atoms. The molecule has 0 aromatic heterocycles. The molecule has 1 heteroatoms. The number of benzene rings is 1. The molecule has 0 saturated heterocycles. The van der Waals surface area contributed by atoms with Crippen molar-refractivity contribution < 1.29 is 0 Å². The second kappa shape index (κ2) is 4.13. The highest BCUT2D eigenvalue weighted by Crippen LogP contribution is 2.20. The van der Waals surface area contributed by atoms with E-state index in [-0.39, 0.29) is 0 Å². The van der Waals surface area contributed by atoms with E-state index in [0.717, 1.165) is 0 Å². The molecule has 0 amide bonds. The molecule has 0 aliphatic carbocycles. The van der Waals surface area contributed by atoms with Gasteiger partial charge >= 0.3 is 0 Å². The molecule has 0 fully saturated rings. The van der Waals surface area contributed by atoms with E-state index in [4.69, 9.17) is 0 Å². The summed E-state index contributed by atoms with van der Waals surface area (Å²) < 4.78 is 0. The van der Waals surface area contributed by atoms with Gasteiger partial charge in [-0.3, -0.25) is 0 Å². The average molecular weight is 175 g/mol. The van der Waals surface area contributed by atoms with Crippen LogP contribution in [0, 0.1) is 13.8 Å². The Bertz CT molecular complexity index is 282. The highest BCUT2D eigenvalue weighted by Gasteiger charge is 2.02. The molecule has 0 radical (unpaired) electrons. The maximum absolute atomic E-state index is 3.75. The van der Waals surface area contributed by atoms with E-state index < -0.39 is 0 Å². The summed E-state index contributed by atoms with van der Waals surface area (Å²) in [5, 5.41) is 3.41. The predicted octanol–water partition coefficient (Wildman–Crippen LogP) is 3.29. The third-order valence-corrected chi connectivity index (χ3v) is 2.21. The van der Waals surface area contributed by atoms with E-state index in [2.05, 4.69) is 50.9 Å². The number of hydrogen-bond acceptors (Lipinski definition) is 1. The molecule has 1 nitrogen and oxygen atoms in total. The van der Waals surface area contributed by atoms with Gasteiger partial charge in [0.25, 0.3) is 0 Å². The Morgan fingerprint density at radius 1 is 1.31 bits per heavy atom. The molecule has 1 aromatic rings. The van der Waals surface area contributed by atoms with Gasteiger partial charge < -0.3 is 5.32 Å². The van der Waals surface area contributed by atoms with Gasteiger partial charge in [-0.2, -0.15) is 0 Å². The Morgan fingerprint density at radius 2 is 1.85 bits per heavy atom. The number of nitrogens with one attached hydrogen (secondary N) is 1. The van der Waals surface area contributed by atoms with Crippen LogP contribution in [-0.2, 0) is 0 Å². The molecule has 0 aliphatic rings. The second-order valence-electron chi connectivity index (χ2n) is 3.44. The summed E-state index contributed by atoms with van der Waals surface area (Å²) >= 11 is 0. The Labute approximate surface area is 80.5 Å². The number of anilines is 1. The van der Waals surface area contributed by atoms with Crippen molar-refractivity contribution in [2.45, 2.75) is 26.8 Å². The molecule has 1 rings (SSSR count). The first-order valence-corrected chi connectivity index (χ1v) is 4.60. The maximum Gasteiger partial charge on any atom is 0.0413 e. The van der Waals surface area contributed by atoms with Gasteiger partial charge in [-0.1, -0.05) is 24.3 Å². The zero-order chi connectivity index (χ0) is 9.84. The summed E-state index contributed by atoms with van der Waals surface area (Å²) in [4.78, 5) is 0. The fourth-order valence-electron chi connectivity index (χ4n) is 1.33. The first-order valence-electron chi connectivity index (χ1n) is 4.60. The number of para-hydroxylation sites is 1. The van der Waals surface area contributed by atoms with E-state index in [1.54, 1.807) is 0 Å². The molecule has 70 valence electrons. The molecular formula is C12H17N. The van der Waals surface area contributed by atoms with Gasteiger partial charge in [0.15, 0.2) is 0 Å². The minimum Gasteiger partial charge on any atom is -0.379 e. The largest absolute Gasteiger partial charge is 0.379 e. The van der Waals surface area contributed by atoms with Crippen molar-refractivity contribution in [1.82, 2.24) is 0 Å². The van der Waals surface area contributed by atoms with Crippen LogP contribution in [0.2, 0.25) is 0 Å². The Kier molecular flexibility index (Phi) is 3.13. The van der Waals surface area contributed by atoms with E-state index in [0.29, 0.717) is 6.04 Å². The minimum absolute atomic E-state index is 0.319. The third kappa shape index (κ3) is 2.35. The van der Waals surface area contributed by atoms with Crippen molar-refractivity contribution in [2.24, 2.45) is 0 Å². The van der Waals surface area contributed by atoms with Crippen LogP contribution in [0.4, 0.5) is 5.69 Å². The van der Waals surface area contributed by atoms with Gasteiger partial charge in [0.2, 0.25) is 0 Å². The Morgan fingerprint density at radius 3 is 2.31 bits per heavy atom. The zero-order valence-electron chi connectivity index (χ0n) is 8.59. The normalized spacial score (nSPS) is 12.2. The summed E-state index contributed by atoms with van der Waals surface area (Å²) in [6.45, 7) is 10.1. The van der Waals surface area contributed by atoms with Gasteiger partial charge in [-0.25, -0.2) is 0 Å². The van der Waals surface area contributed by atoms with Crippen LogP contribution in [-0.4, -0.2) is 6.04 Å². The zero-order valence-corrected chi connectivity index (χ0v) is 8.59. The number of aryl methyl sites for hydroxylation is 2. The quantitative estimate of drug-likeness (QED) is 0.695. The van der Waals surface area contributed by atoms with Crippen molar-refractivity contribution in [1.29, 1.82) is 0 Å². The van der Waals surface area contributed by atoms with Gasteiger partial charge in [-0.15, -0.1) is 6.58 Å². The summed E-state index contributed by atoms with van der Waals surface area (Å²) in [7, 11) is 0. The van der Waals surface area contributed by atoms with Crippen LogP contribution in [0.1, 0.15) is 18.1 Å². The molecule has 1 atom stereocenters. The molecule has 0 unspecified atom stereocenters. The van der Waals surface area contributed by atoms with Crippen LogP contribution in [0.25, 0.3) is 0 Å². The molecule has 1 N–H and O–H groups in total. The fraction of sp³-hybridized carbons (Fsp3) is 0.333. The van der Waals surface area contributed by atoms with Crippen LogP contribution in [0.15, 0.2) is 30.9 Å². The molecule has 0 heterocycles. The van der Waals surface area contributed by atoms with Crippen LogP contribution >= 0.6 is 0 Å².